The molecule has 1 heterocycles. The van der Waals surface area contributed by atoms with Crippen LogP contribution in [0.3, 0.4) is 0 Å². The van der Waals surface area contributed by atoms with E-state index in [2.05, 4.69) is 4.98 Å². The van der Waals surface area contributed by atoms with Gasteiger partial charge in [-0.3, -0.25) is 4.79 Å². The van der Waals surface area contributed by atoms with Gasteiger partial charge in [-0.1, -0.05) is 12.1 Å². The first-order chi connectivity index (χ1) is 8.91. The number of nitrogens with one attached hydrogen (secondary N) is 1. The number of aromatic amines is 1. The van der Waals surface area contributed by atoms with Crippen molar-refractivity contribution >= 4 is 28.8 Å². The number of aromatic nitrogens is 1. The Bertz CT molecular complexity index is 700. The zero-order chi connectivity index (χ0) is 14.2. The minimum Gasteiger partial charge on any atom is -0.481 e. The number of benzene rings is 1. The Hall–Kier alpha value is -2.83. The summed E-state index contributed by atoms with van der Waals surface area (Å²) in [6.45, 7) is 0. The molecule has 1 aromatic heterocycles. The summed E-state index contributed by atoms with van der Waals surface area (Å²) < 4.78 is 0. The first-order valence-corrected chi connectivity index (χ1v) is 5.23. The van der Waals surface area contributed by atoms with Crippen molar-refractivity contribution in [3.05, 3.63) is 35.0 Å². The highest BCUT2D eigenvalue weighted by molar-refractivity contribution is 6.07. The van der Waals surface area contributed by atoms with E-state index in [1.165, 1.54) is 18.2 Å². The summed E-state index contributed by atoms with van der Waals surface area (Å²) in [7, 11) is 0. The van der Waals surface area contributed by atoms with Crippen LogP contribution in [0.5, 0.6) is 0 Å². The predicted octanol–water partition coefficient (Wildman–Crippen LogP) is 1.19. The highest BCUT2D eigenvalue weighted by Gasteiger charge is 2.21. The molecule has 4 N–H and O–H groups in total. The molecule has 0 bridgehead atoms. The van der Waals surface area contributed by atoms with E-state index >= 15 is 0 Å². The molecule has 7 nitrogen and oxygen atoms in total. The summed E-state index contributed by atoms with van der Waals surface area (Å²) in [5, 5.41) is 27.2. The maximum Gasteiger partial charge on any atom is 0.352 e. The van der Waals surface area contributed by atoms with Gasteiger partial charge in [0.25, 0.3) is 0 Å². The Labute approximate surface area is 106 Å². The minimum atomic E-state index is -1.33. The Balaban J connectivity index is 2.80. The van der Waals surface area contributed by atoms with Gasteiger partial charge in [0.2, 0.25) is 0 Å². The molecule has 0 saturated carbocycles. The van der Waals surface area contributed by atoms with E-state index in [0.29, 0.717) is 5.39 Å². The molecule has 0 radical (unpaired) electrons. The van der Waals surface area contributed by atoms with Crippen LogP contribution in [0.4, 0.5) is 0 Å². The van der Waals surface area contributed by atoms with Crippen molar-refractivity contribution in [1.29, 1.82) is 0 Å². The molecule has 0 aliphatic rings. The van der Waals surface area contributed by atoms with Crippen LogP contribution in [-0.2, 0) is 11.2 Å². The van der Waals surface area contributed by atoms with E-state index < -0.39 is 24.3 Å². The molecule has 0 atom stereocenters. The van der Waals surface area contributed by atoms with Gasteiger partial charge in [-0.05, 0) is 6.07 Å². The van der Waals surface area contributed by atoms with Gasteiger partial charge in [-0.2, -0.15) is 0 Å². The van der Waals surface area contributed by atoms with Crippen LogP contribution in [0, 0.1) is 0 Å². The minimum absolute atomic E-state index is 0.0677. The van der Waals surface area contributed by atoms with E-state index in [4.69, 9.17) is 15.3 Å². The van der Waals surface area contributed by atoms with Crippen LogP contribution >= 0.6 is 0 Å². The molecule has 0 fully saturated rings. The molecule has 0 aliphatic heterocycles. The summed E-state index contributed by atoms with van der Waals surface area (Å²) in [5.41, 5.74) is -0.218. The third-order valence-electron chi connectivity index (χ3n) is 2.71. The lowest BCUT2D eigenvalue weighted by Crippen LogP contribution is -2.06. The molecule has 2 aromatic rings. The molecule has 0 amide bonds. The van der Waals surface area contributed by atoms with Crippen molar-refractivity contribution in [2.75, 3.05) is 0 Å². The quantitative estimate of drug-likeness (QED) is 0.656. The van der Waals surface area contributed by atoms with Gasteiger partial charge in [0, 0.05) is 10.9 Å². The number of hydrogen-bond donors (Lipinski definition) is 4. The number of carbonyl (C=O) groups is 3. The Morgan fingerprint density at radius 1 is 1.05 bits per heavy atom. The number of hydrogen-bond acceptors (Lipinski definition) is 3. The fraction of sp³-hybridized carbons (Fsp3) is 0.0833. The van der Waals surface area contributed by atoms with Crippen LogP contribution < -0.4 is 0 Å². The fourth-order valence-corrected chi connectivity index (χ4v) is 1.97. The second kappa shape index (κ2) is 4.45. The van der Waals surface area contributed by atoms with E-state index in [9.17, 15) is 14.4 Å². The third-order valence-corrected chi connectivity index (χ3v) is 2.71. The normalized spacial score (nSPS) is 10.5. The molecule has 19 heavy (non-hydrogen) atoms. The van der Waals surface area contributed by atoms with Crippen LogP contribution in [0.2, 0.25) is 0 Å². The number of rotatable bonds is 4. The average molecular weight is 263 g/mol. The number of para-hydroxylation sites is 1. The van der Waals surface area contributed by atoms with E-state index in [-0.39, 0.29) is 22.3 Å². The molecule has 2 rings (SSSR count). The molecule has 0 aliphatic carbocycles. The summed E-state index contributed by atoms with van der Waals surface area (Å²) in [5.74, 6) is -3.74. The number of H-pyrrole nitrogens is 1. The van der Waals surface area contributed by atoms with Gasteiger partial charge in [0.1, 0.15) is 5.69 Å². The van der Waals surface area contributed by atoms with Gasteiger partial charge in [-0.25, -0.2) is 9.59 Å². The molecule has 7 heteroatoms. The van der Waals surface area contributed by atoms with Crippen molar-refractivity contribution in [1.82, 2.24) is 4.98 Å². The second-order valence-corrected chi connectivity index (χ2v) is 3.89. The topological polar surface area (TPSA) is 128 Å². The van der Waals surface area contributed by atoms with Gasteiger partial charge in [0.15, 0.2) is 0 Å². The summed E-state index contributed by atoms with van der Waals surface area (Å²) in [6, 6.07) is 4.25. The molecule has 1 aromatic carbocycles. The maximum atomic E-state index is 11.1. The Morgan fingerprint density at radius 3 is 2.26 bits per heavy atom. The van der Waals surface area contributed by atoms with Crippen molar-refractivity contribution in [3.8, 4) is 0 Å². The smallest absolute Gasteiger partial charge is 0.352 e. The molecule has 0 spiro atoms. The summed E-state index contributed by atoms with van der Waals surface area (Å²) >= 11 is 0. The predicted molar refractivity (Wildman–Crippen MR) is 63.6 cm³/mol. The number of aromatic carboxylic acids is 2. The number of aliphatic carboxylic acids is 1. The van der Waals surface area contributed by atoms with Gasteiger partial charge in [-0.15, -0.1) is 0 Å². The lowest BCUT2D eigenvalue weighted by Gasteiger charge is -1.98. The van der Waals surface area contributed by atoms with Gasteiger partial charge in [0.05, 0.1) is 17.5 Å². The monoisotopic (exact) mass is 263 g/mol. The molecule has 0 unspecified atom stereocenters. The van der Waals surface area contributed by atoms with Crippen molar-refractivity contribution in [2.45, 2.75) is 6.42 Å². The lowest BCUT2D eigenvalue weighted by molar-refractivity contribution is -0.136. The molecular formula is C12H9NO6. The third kappa shape index (κ3) is 2.13. The highest BCUT2D eigenvalue weighted by Crippen LogP contribution is 2.26. The molecule has 98 valence electrons. The zero-order valence-electron chi connectivity index (χ0n) is 9.51. The van der Waals surface area contributed by atoms with E-state index in [0.717, 1.165) is 0 Å². The van der Waals surface area contributed by atoms with Crippen LogP contribution in [0.1, 0.15) is 26.4 Å². The fourth-order valence-electron chi connectivity index (χ4n) is 1.97. The maximum absolute atomic E-state index is 11.1. The van der Waals surface area contributed by atoms with Gasteiger partial charge >= 0.3 is 17.9 Å². The van der Waals surface area contributed by atoms with Crippen LogP contribution in [0.25, 0.3) is 10.9 Å². The van der Waals surface area contributed by atoms with Crippen LogP contribution in [0.15, 0.2) is 18.2 Å². The van der Waals surface area contributed by atoms with Crippen molar-refractivity contribution in [2.24, 2.45) is 0 Å². The average Bonchev–Trinajstić information content (AvgIpc) is 2.67. The SMILES string of the molecule is O=C(O)Cc1c(C(=O)O)[nH]c2c(C(=O)O)cccc12. The number of carboxylic acid groups (broad SMARTS) is 3. The number of fused-ring (bicyclic) bond motifs is 1. The zero-order valence-corrected chi connectivity index (χ0v) is 9.51. The standard InChI is InChI=1S/C12H9NO6/c14-8(15)4-7-5-2-1-3-6(11(16)17)9(5)13-10(7)12(18)19/h1-3,13H,4H2,(H,14,15)(H,16,17)(H,18,19). The Morgan fingerprint density at radius 2 is 1.74 bits per heavy atom. The largest absolute Gasteiger partial charge is 0.481 e. The lowest BCUT2D eigenvalue weighted by atomic mass is 10.1. The van der Waals surface area contributed by atoms with E-state index in [1.54, 1.807) is 0 Å². The van der Waals surface area contributed by atoms with Crippen LogP contribution in [-0.4, -0.2) is 38.2 Å². The second-order valence-electron chi connectivity index (χ2n) is 3.89. The number of carboxylic acids is 3. The molecule has 0 saturated heterocycles. The van der Waals surface area contributed by atoms with Gasteiger partial charge < -0.3 is 20.3 Å². The highest BCUT2D eigenvalue weighted by atomic mass is 16.4. The molecular weight excluding hydrogens is 254 g/mol. The Kier molecular flexibility index (Phi) is 2.95. The van der Waals surface area contributed by atoms with E-state index in [1.807, 2.05) is 0 Å². The summed E-state index contributed by atoms with van der Waals surface area (Å²) in [6.07, 6.45) is -0.495. The van der Waals surface area contributed by atoms with Crippen molar-refractivity contribution < 1.29 is 29.7 Å². The first kappa shape index (κ1) is 12.6. The first-order valence-electron chi connectivity index (χ1n) is 5.23. The van der Waals surface area contributed by atoms with Crippen molar-refractivity contribution in [3.63, 3.8) is 0 Å². The summed E-state index contributed by atoms with van der Waals surface area (Å²) in [4.78, 5) is 35.4.